The third-order valence-electron chi connectivity index (χ3n) is 3.10. The molecule has 0 nitrogen and oxygen atoms in total. The molecule has 0 bridgehead atoms. The van der Waals surface area contributed by atoms with Crippen LogP contribution in [0.4, 0.5) is 0 Å². The Labute approximate surface area is 195 Å². The largest absolute Gasteiger partial charge is 3.00 e. The van der Waals surface area contributed by atoms with Crippen LogP contribution in [0.15, 0.2) is 84.9 Å². The molecule has 0 amide bonds. The molecule has 0 heterocycles. The third kappa shape index (κ3) is 10.5. The van der Waals surface area contributed by atoms with Crippen LogP contribution in [0.1, 0.15) is 20.8 Å². The second-order valence-corrected chi connectivity index (χ2v) is 4.31. The van der Waals surface area contributed by atoms with Gasteiger partial charge in [0.15, 0.2) is 0 Å². The average molecular weight is 482 g/mol. The quantitative estimate of drug-likeness (QED) is 0.181. The van der Waals surface area contributed by atoms with Crippen LogP contribution in [0.3, 0.4) is 0 Å². The van der Waals surface area contributed by atoms with Gasteiger partial charge in [-0.05, 0) is 0 Å². The molecule has 5 radical (unpaired) electrons. The van der Waals surface area contributed by atoms with Crippen LogP contribution in [0, 0.1) is 6.92 Å². The Bertz CT molecular complexity index is 636. The van der Waals surface area contributed by atoms with Crippen LogP contribution < -0.4 is 0 Å². The first kappa shape index (κ1) is 33.0. The van der Waals surface area contributed by atoms with Crippen LogP contribution >= 0.6 is 24.8 Å². The zero-order valence-electron chi connectivity index (χ0n) is 15.6. The normalized spacial score (nSPS) is 7.54. The van der Waals surface area contributed by atoms with Gasteiger partial charge in [0.05, 0.1) is 0 Å². The van der Waals surface area contributed by atoms with Crippen molar-refractivity contribution in [3.05, 3.63) is 91.9 Å². The van der Waals surface area contributed by atoms with Crippen molar-refractivity contribution in [3.8, 4) is 0 Å². The molecule has 0 unspecified atom stereocenters. The van der Waals surface area contributed by atoms with Gasteiger partial charge in [-0.1, -0.05) is 26.0 Å². The van der Waals surface area contributed by atoms with Gasteiger partial charge in [0.25, 0.3) is 0 Å². The van der Waals surface area contributed by atoms with Gasteiger partial charge in [-0.3, -0.25) is 0 Å². The summed E-state index contributed by atoms with van der Waals surface area (Å²) in [5, 5.41) is 5.32. The second kappa shape index (κ2) is 20.6. The van der Waals surface area contributed by atoms with Crippen molar-refractivity contribution in [3.63, 3.8) is 0 Å². The van der Waals surface area contributed by atoms with Gasteiger partial charge in [-0.2, -0.15) is 42.0 Å². The second-order valence-electron chi connectivity index (χ2n) is 4.31. The van der Waals surface area contributed by atoms with Gasteiger partial charge in [0.2, 0.25) is 0 Å². The maximum absolute atomic E-state index is 3.25. The van der Waals surface area contributed by atoms with E-state index in [-0.39, 0.29) is 62.0 Å². The molecular formula is C22H27Cl2SiZr. The summed E-state index contributed by atoms with van der Waals surface area (Å²) in [5.74, 6) is 0. The van der Waals surface area contributed by atoms with Crippen molar-refractivity contribution < 1.29 is 26.2 Å². The summed E-state index contributed by atoms with van der Waals surface area (Å²) >= 11 is 0. The predicted octanol–water partition coefficient (Wildman–Crippen LogP) is 7.44. The Kier molecular flexibility index (Phi) is 26.2. The van der Waals surface area contributed by atoms with Gasteiger partial charge < -0.3 is 6.92 Å². The maximum Gasteiger partial charge on any atom is 3.00 e. The van der Waals surface area contributed by atoms with E-state index in [1.807, 2.05) is 13.8 Å². The van der Waals surface area contributed by atoms with E-state index >= 15 is 0 Å². The van der Waals surface area contributed by atoms with Crippen molar-refractivity contribution in [2.24, 2.45) is 0 Å². The van der Waals surface area contributed by atoms with Crippen molar-refractivity contribution in [2.45, 2.75) is 20.8 Å². The molecule has 26 heavy (non-hydrogen) atoms. The fourth-order valence-corrected chi connectivity index (χ4v) is 2.14. The number of benzene rings is 2. The molecule has 0 aliphatic heterocycles. The van der Waals surface area contributed by atoms with Gasteiger partial charge in [0, 0.05) is 11.0 Å². The topological polar surface area (TPSA) is 0 Å². The molecule has 4 aromatic rings. The zero-order valence-corrected chi connectivity index (χ0v) is 20.7. The third-order valence-corrected chi connectivity index (χ3v) is 3.10. The van der Waals surface area contributed by atoms with Gasteiger partial charge >= 0.3 is 26.2 Å². The van der Waals surface area contributed by atoms with E-state index in [4.69, 9.17) is 0 Å². The molecule has 0 spiro atoms. The summed E-state index contributed by atoms with van der Waals surface area (Å²) in [6, 6.07) is 29.3. The molecule has 0 aliphatic carbocycles. The van der Waals surface area contributed by atoms with Crippen LogP contribution in [0.25, 0.3) is 21.5 Å². The van der Waals surface area contributed by atoms with E-state index in [1.165, 1.54) is 21.5 Å². The monoisotopic (exact) mass is 479 g/mol. The molecule has 0 atom stereocenters. The Morgan fingerprint density at radius 1 is 0.615 bits per heavy atom. The number of halogens is 2. The standard InChI is InChI=1S/2C9H7.C2H6.C2H5.2ClH.Si.Zr/c2*1-2-5-9-7-3-6-8(9)4-1;2*1-2;;;;/h2*1-7H;1-2H3;1H2,2H3;2*1H;;/q2*-1;;-1;;;;+3. The minimum atomic E-state index is 0. The Hall–Kier alpha value is -0.660. The average Bonchev–Trinajstić information content (AvgIpc) is 3.28. The van der Waals surface area contributed by atoms with E-state index < -0.39 is 0 Å². The first-order valence-electron chi connectivity index (χ1n) is 7.85. The van der Waals surface area contributed by atoms with Crippen molar-refractivity contribution >= 4 is 57.3 Å². The van der Waals surface area contributed by atoms with E-state index in [0.717, 1.165) is 0 Å². The number of hydrogen-bond acceptors (Lipinski definition) is 0. The van der Waals surface area contributed by atoms with Crippen LogP contribution in [0.2, 0.25) is 0 Å². The van der Waals surface area contributed by atoms with E-state index in [1.54, 1.807) is 6.92 Å². The molecule has 4 heteroatoms. The summed E-state index contributed by atoms with van der Waals surface area (Å²) in [6.45, 7) is 9.00. The molecule has 137 valence electrons. The summed E-state index contributed by atoms with van der Waals surface area (Å²) in [4.78, 5) is 0. The predicted molar refractivity (Wildman–Crippen MR) is 122 cm³/mol. The number of hydrogen-bond donors (Lipinski definition) is 0. The molecule has 4 rings (SSSR count). The van der Waals surface area contributed by atoms with E-state index in [0.29, 0.717) is 0 Å². The molecule has 0 saturated carbocycles. The van der Waals surface area contributed by atoms with E-state index in [9.17, 15) is 0 Å². The maximum atomic E-state index is 3.25. The minimum absolute atomic E-state index is 0. The van der Waals surface area contributed by atoms with Gasteiger partial charge in [-0.25, -0.2) is 0 Å². The fraction of sp³-hybridized carbons (Fsp3) is 0.136. The summed E-state index contributed by atoms with van der Waals surface area (Å²) in [5.41, 5.74) is 0. The fourth-order valence-electron chi connectivity index (χ4n) is 2.14. The Morgan fingerprint density at radius 2 is 0.923 bits per heavy atom. The van der Waals surface area contributed by atoms with Gasteiger partial charge in [0.1, 0.15) is 0 Å². The smallest absolute Gasteiger partial charge is 0.346 e. The van der Waals surface area contributed by atoms with Crippen LogP contribution in [-0.2, 0) is 26.2 Å². The molecule has 4 aromatic carbocycles. The van der Waals surface area contributed by atoms with Crippen LogP contribution in [0.5, 0.6) is 0 Å². The Morgan fingerprint density at radius 3 is 1.23 bits per heavy atom. The molecule has 0 aromatic heterocycles. The van der Waals surface area contributed by atoms with Crippen molar-refractivity contribution in [1.82, 2.24) is 0 Å². The first-order chi connectivity index (χ1) is 10.9. The first-order valence-corrected chi connectivity index (χ1v) is 7.85. The molecule has 0 N–H and O–H groups in total. The van der Waals surface area contributed by atoms with Crippen LogP contribution in [-0.4, -0.2) is 11.0 Å². The summed E-state index contributed by atoms with van der Waals surface area (Å²) < 4.78 is 0. The van der Waals surface area contributed by atoms with Gasteiger partial charge in [-0.15, -0.1) is 84.1 Å². The number of fused-ring (bicyclic) bond motifs is 2. The SMILES string of the molecule is CC.Cl.Cl.[CH2-]C.[Si].[Zr+3].c1ccc2[cH-]ccc2c1.c1ccc2[cH-]ccc2c1. The molecule has 0 fully saturated rings. The van der Waals surface area contributed by atoms with Crippen molar-refractivity contribution in [1.29, 1.82) is 0 Å². The molecule has 0 aliphatic rings. The van der Waals surface area contributed by atoms with Crippen molar-refractivity contribution in [2.75, 3.05) is 0 Å². The zero-order chi connectivity index (χ0) is 16.2. The summed E-state index contributed by atoms with van der Waals surface area (Å²) in [7, 11) is 0. The molecule has 0 saturated heterocycles. The van der Waals surface area contributed by atoms with E-state index in [2.05, 4.69) is 91.9 Å². The number of rotatable bonds is 0. The Balaban J connectivity index is -0.000000139. The minimum Gasteiger partial charge on any atom is -0.346 e. The summed E-state index contributed by atoms with van der Waals surface area (Å²) in [6.07, 6.45) is 0. The molecular weight excluding hydrogens is 454 g/mol.